The van der Waals surface area contributed by atoms with Gasteiger partial charge < -0.3 is 9.59 Å². The quantitative estimate of drug-likeness (QED) is 0.466. The van der Waals surface area contributed by atoms with Crippen molar-refractivity contribution in [2.45, 2.75) is 91.9 Å². The summed E-state index contributed by atoms with van der Waals surface area (Å²) in [5.41, 5.74) is 0.151. The Labute approximate surface area is 125 Å². The van der Waals surface area contributed by atoms with Crippen LogP contribution in [-0.2, 0) is 9.59 Å². The highest BCUT2D eigenvalue weighted by atomic mass is 16.1. The first-order valence-electron chi connectivity index (χ1n) is 8.33. The number of carbonyl (C=O) groups is 2. The summed E-state index contributed by atoms with van der Waals surface area (Å²) in [6, 6.07) is 0. The van der Waals surface area contributed by atoms with Crippen LogP contribution in [0.3, 0.4) is 0 Å². The molecule has 1 atom stereocenters. The first-order chi connectivity index (χ1) is 9.43. The smallest absolute Gasteiger partial charge is 0.126 e. The van der Waals surface area contributed by atoms with Crippen LogP contribution in [0.2, 0.25) is 0 Å². The van der Waals surface area contributed by atoms with Gasteiger partial charge in [-0.25, -0.2) is 0 Å². The van der Waals surface area contributed by atoms with E-state index in [0.29, 0.717) is 0 Å². The largest absolute Gasteiger partial charge is 0.303 e. The van der Waals surface area contributed by atoms with E-state index in [9.17, 15) is 9.59 Å². The summed E-state index contributed by atoms with van der Waals surface area (Å²) in [5, 5.41) is 0. The minimum Gasteiger partial charge on any atom is -0.303 e. The summed E-state index contributed by atoms with van der Waals surface area (Å²) in [5.74, 6) is 0. The van der Waals surface area contributed by atoms with E-state index in [1.54, 1.807) is 0 Å². The molecule has 0 heterocycles. The van der Waals surface area contributed by atoms with Crippen LogP contribution in [0.15, 0.2) is 0 Å². The molecule has 1 saturated carbocycles. The van der Waals surface area contributed by atoms with Crippen LogP contribution in [0.5, 0.6) is 0 Å². The van der Waals surface area contributed by atoms with Crippen LogP contribution < -0.4 is 0 Å². The molecule has 0 aromatic rings. The molecule has 1 rings (SSSR count). The fraction of sp³-hybridized carbons (Fsp3) is 0.889. The SMILES string of the molecule is CC1(C)CCCCC1(C)C=O.CCCCCCCC=O. The van der Waals surface area contributed by atoms with Crippen molar-refractivity contribution in [2.24, 2.45) is 10.8 Å². The second-order valence-electron chi connectivity index (χ2n) is 7.00. The van der Waals surface area contributed by atoms with Gasteiger partial charge in [-0.1, -0.05) is 66.2 Å². The third-order valence-electron chi connectivity index (χ3n) is 4.98. The zero-order valence-corrected chi connectivity index (χ0v) is 14.0. The Hall–Kier alpha value is -0.660. The average molecular weight is 282 g/mol. The zero-order valence-electron chi connectivity index (χ0n) is 14.0. The van der Waals surface area contributed by atoms with Crippen LogP contribution in [-0.4, -0.2) is 12.6 Å². The van der Waals surface area contributed by atoms with Crippen molar-refractivity contribution >= 4 is 12.6 Å². The summed E-state index contributed by atoms with van der Waals surface area (Å²) in [7, 11) is 0. The predicted octanol–water partition coefficient (Wildman–Crippen LogP) is 5.34. The van der Waals surface area contributed by atoms with E-state index in [2.05, 4.69) is 27.7 Å². The topological polar surface area (TPSA) is 34.1 Å². The van der Waals surface area contributed by atoms with Crippen molar-refractivity contribution in [3.05, 3.63) is 0 Å². The highest BCUT2D eigenvalue weighted by Gasteiger charge is 2.42. The summed E-state index contributed by atoms with van der Waals surface area (Å²) in [6.45, 7) is 8.71. The first kappa shape index (κ1) is 19.3. The van der Waals surface area contributed by atoms with E-state index >= 15 is 0 Å². The summed E-state index contributed by atoms with van der Waals surface area (Å²) in [4.78, 5) is 20.7. The number of unbranched alkanes of at least 4 members (excludes halogenated alkanes) is 5. The zero-order chi connectivity index (χ0) is 15.5. The molecule has 2 nitrogen and oxygen atoms in total. The van der Waals surface area contributed by atoms with Crippen LogP contribution in [0.1, 0.15) is 91.9 Å². The molecule has 118 valence electrons. The molecule has 0 radical (unpaired) electrons. The molecular formula is C18H34O2. The standard InChI is InChI=1S/C10H18O.C8H16O/c1-9(2)6-4-5-7-10(9,3)8-11;1-2-3-4-5-6-7-8-9/h8H,4-7H2,1-3H3;8H,2-7H2,1H3. The third-order valence-corrected chi connectivity index (χ3v) is 4.98. The van der Waals surface area contributed by atoms with Crippen molar-refractivity contribution in [3.8, 4) is 0 Å². The van der Waals surface area contributed by atoms with Gasteiger partial charge in [0.2, 0.25) is 0 Å². The highest BCUT2D eigenvalue weighted by molar-refractivity contribution is 5.60. The van der Waals surface area contributed by atoms with E-state index in [1.165, 1.54) is 44.9 Å². The maximum absolute atomic E-state index is 10.9. The Kier molecular flexibility index (Phi) is 9.79. The van der Waals surface area contributed by atoms with Gasteiger partial charge >= 0.3 is 0 Å². The van der Waals surface area contributed by atoms with Gasteiger partial charge in [-0.05, 0) is 24.7 Å². The fourth-order valence-corrected chi connectivity index (χ4v) is 2.73. The molecule has 0 amide bonds. The van der Waals surface area contributed by atoms with Gasteiger partial charge in [0, 0.05) is 11.8 Å². The van der Waals surface area contributed by atoms with Crippen LogP contribution >= 0.6 is 0 Å². The number of aldehydes is 2. The Morgan fingerprint density at radius 3 is 1.95 bits per heavy atom. The Morgan fingerprint density at radius 1 is 0.900 bits per heavy atom. The molecule has 1 aliphatic carbocycles. The Morgan fingerprint density at radius 2 is 1.50 bits per heavy atom. The van der Waals surface area contributed by atoms with E-state index in [0.717, 1.165) is 31.8 Å². The molecule has 20 heavy (non-hydrogen) atoms. The van der Waals surface area contributed by atoms with E-state index in [1.807, 2.05) is 0 Å². The summed E-state index contributed by atoms with van der Waals surface area (Å²) in [6.07, 6.45) is 13.9. The summed E-state index contributed by atoms with van der Waals surface area (Å²) >= 11 is 0. The molecule has 1 unspecified atom stereocenters. The minimum absolute atomic E-state index is 0.0642. The van der Waals surface area contributed by atoms with Gasteiger partial charge in [0.15, 0.2) is 0 Å². The van der Waals surface area contributed by atoms with Crippen molar-refractivity contribution in [3.63, 3.8) is 0 Å². The lowest BCUT2D eigenvalue weighted by atomic mass is 9.59. The van der Waals surface area contributed by atoms with Gasteiger partial charge in [-0.3, -0.25) is 0 Å². The molecule has 2 heteroatoms. The van der Waals surface area contributed by atoms with E-state index < -0.39 is 0 Å². The fourth-order valence-electron chi connectivity index (χ4n) is 2.73. The average Bonchev–Trinajstić information content (AvgIpc) is 2.43. The molecule has 0 aliphatic heterocycles. The molecule has 0 bridgehead atoms. The number of hydrogen-bond donors (Lipinski definition) is 0. The molecule has 0 N–H and O–H groups in total. The van der Waals surface area contributed by atoms with Gasteiger partial charge in [0.1, 0.15) is 12.6 Å². The normalized spacial score (nSPS) is 24.4. The molecule has 0 spiro atoms. The van der Waals surface area contributed by atoms with E-state index in [4.69, 9.17) is 0 Å². The maximum atomic E-state index is 10.9. The van der Waals surface area contributed by atoms with Crippen molar-refractivity contribution in [2.75, 3.05) is 0 Å². The van der Waals surface area contributed by atoms with Crippen molar-refractivity contribution < 1.29 is 9.59 Å². The van der Waals surface area contributed by atoms with Crippen LogP contribution in [0, 0.1) is 10.8 Å². The van der Waals surface area contributed by atoms with Gasteiger partial charge in [0.05, 0.1) is 0 Å². The van der Waals surface area contributed by atoms with Crippen LogP contribution in [0.25, 0.3) is 0 Å². The predicted molar refractivity (Wildman–Crippen MR) is 85.9 cm³/mol. The van der Waals surface area contributed by atoms with Crippen LogP contribution in [0.4, 0.5) is 0 Å². The lowest BCUT2D eigenvalue weighted by Gasteiger charge is -2.44. The van der Waals surface area contributed by atoms with Gasteiger partial charge in [0.25, 0.3) is 0 Å². The second-order valence-corrected chi connectivity index (χ2v) is 7.00. The summed E-state index contributed by atoms with van der Waals surface area (Å²) < 4.78 is 0. The minimum atomic E-state index is -0.0642. The monoisotopic (exact) mass is 282 g/mol. The second kappa shape index (κ2) is 10.1. The first-order valence-corrected chi connectivity index (χ1v) is 8.33. The number of hydrogen-bond acceptors (Lipinski definition) is 2. The lowest BCUT2D eigenvalue weighted by molar-refractivity contribution is -0.124. The Balaban J connectivity index is 0.000000370. The molecular weight excluding hydrogens is 248 g/mol. The molecule has 0 aromatic heterocycles. The number of carbonyl (C=O) groups excluding carboxylic acids is 2. The van der Waals surface area contributed by atoms with Crippen molar-refractivity contribution in [1.29, 1.82) is 0 Å². The van der Waals surface area contributed by atoms with Gasteiger partial charge in [-0.15, -0.1) is 0 Å². The Bertz CT molecular complexity index is 271. The maximum Gasteiger partial charge on any atom is 0.126 e. The molecule has 1 fully saturated rings. The number of rotatable bonds is 7. The van der Waals surface area contributed by atoms with Gasteiger partial charge in [-0.2, -0.15) is 0 Å². The van der Waals surface area contributed by atoms with E-state index in [-0.39, 0.29) is 10.8 Å². The lowest BCUT2D eigenvalue weighted by Crippen LogP contribution is -2.39. The highest BCUT2D eigenvalue weighted by Crippen LogP contribution is 2.48. The molecule has 1 aliphatic rings. The molecule has 0 aromatic carbocycles. The molecule has 0 saturated heterocycles. The third kappa shape index (κ3) is 6.67. The van der Waals surface area contributed by atoms with Crippen molar-refractivity contribution in [1.82, 2.24) is 0 Å².